The van der Waals surface area contributed by atoms with Crippen LogP contribution >= 0.6 is 0 Å². The zero-order valence-electron chi connectivity index (χ0n) is 22.7. The molecule has 6 rings (SSSR count). The number of nitrogens with zero attached hydrogens (tertiary/aromatic N) is 4. The van der Waals surface area contributed by atoms with Gasteiger partial charge in [-0.25, -0.2) is 9.37 Å². The number of imidazole rings is 1. The van der Waals surface area contributed by atoms with Crippen LogP contribution in [0, 0.1) is 12.7 Å². The Morgan fingerprint density at radius 3 is 2.62 bits per heavy atom. The summed E-state index contributed by atoms with van der Waals surface area (Å²) in [7, 11) is 1.70. The van der Waals surface area contributed by atoms with Crippen LogP contribution in [0.25, 0.3) is 16.6 Å². The molecule has 40 heavy (non-hydrogen) atoms. The van der Waals surface area contributed by atoms with Crippen LogP contribution in [0.2, 0.25) is 0 Å². The summed E-state index contributed by atoms with van der Waals surface area (Å²) in [5.74, 6) is 0.310. The zero-order chi connectivity index (χ0) is 28.0. The van der Waals surface area contributed by atoms with Crippen LogP contribution < -0.4 is 5.56 Å². The molecule has 2 aromatic carbocycles. The lowest BCUT2D eigenvalue weighted by Crippen LogP contribution is -2.46. The first-order valence-corrected chi connectivity index (χ1v) is 13.7. The number of halogens is 1. The fourth-order valence-electron chi connectivity index (χ4n) is 6.04. The molecule has 4 heterocycles. The van der Waals surface area contributed by atoms with Gasteiger partial charge in [-0.3, -0.25) is 18.8 Å². The molecule has 2 aromatic heterocycles. The summed E-state index contributed by atoms with van der Waals surface area (Å²) < 4.78 is 20.7. The average Bonchev–Trinajstić information content (AvgIpc) is 3.63. The smallest absolute Gasteiger partial charge is 0.274 e. The molecule has 10 heteroatoms. The van der Waals surface area contributed by atoms with Gasteiger partial charge < -0.3 is 19.5 Å². The highest BCUT2D eigenvalue weighted by Gasteiger charge is 2.36. The second-order valence-electron chi connectivity index (χ2n) is 10.8. The molecule has 2 saturated heterocycles. The van der Waals surface area contributed by atoms with Gasteiger partial charge in [-0.05, 0) is 68.0 Å². The van der Waals surface area contributed by atoms with Crippen LogP contribution in [0.3, 0.4) is 0 Å². The first kappa shape index (κ1) is 26.2. The van der Waals surface area contributed by atoms with Gasteiger partial charge in [0.1, 0.15) is 23.2 Å². The number of hydrogen-bond acceptors (Lipinski definition) is 5. The predicted molar refractivity (Wildman–Crippen MR) is 148 cm³/mol. The number of H-pyrrole nitrogens is 1. The maximum absolute atomic E-state index is 13.8. The molecule has 1 N–H and O–H groups in total. The van der Waals surface area contributed by atoms with Crippen molar-refractivity contribution in [1.29, 1.82) is 0 Å². The van der Waals surface area contributed by atoms with Crippen molar-refractivity contribution < 1.29 is 18.7 Å². The van der Waals surface area contributed by atoms with Crippen molar-refractivity contribution in [2.75, 3.05) is 26.8 Å². The third-order valence-electron chi connectivity index (χ3n) is 8.18. The van der Waals surface area contributed by atoms with Crippen molar-refractivity contribution in [3.63, 3.8) is 0 Å². The van der Waals surface area contributed by atoms with Crippen molar-refractivity contribution in [3.05, 3.63) is 81.3 Å². The summed E-state index contributed by atoms with van der Waals surface area (Å²) in [6.45, 7) is 3.99. The van der Waals surface area contributed by atoms with Crippen LogP contribution in [0.15, 0.2) is 47.4 Å². The zero-order valence-corrected chi connectivity index (χ0v) is 22.7. The minimum atomic E-state index is -0.580. The number of likely N-dealkylation sites (tertiary alicyclic amines) is 1. The van der Waals surface area contributed by atoms with Crippen LogP contribution in [0.4, 0.5) is 4.39 Å². The molecule has 0 unspecified atom stereocenters. The maximum atomic E-state index is 13.8. The van der Waals surface area contributed by atoms with E-state index in [-0.39, 0.29) is 29.1 Å². The van der Waals surface area contributed by atoms with E-state index < -0.39 is 6.04 Å². The molecule has 1 atom stereocenters. The third-order valence-corrected chi connectivity index (χ3v) is 8.18. The molecule has 4 aromatic rings. The van der Waals surface area contributed by atoms with Gasteiger partial charge in [-0.1, -0.05) is 12.1 Å². The second kappa shape index (κ2) is 10.5. The van der Waals surface area contributed by atoms with Gasteiger partial charge in [0.15, 0.2) is 0 Å². The number of likely N-dealkylation sites (N-methyl/N-ethyl adjacent to an activating group) is 1. The molecule has 0 saturated carbocycles. The van der Waals surface area contributed by atoms with Crippen LogP contribution in [-0.2, 0) is 16.1 Å². The molecule has 2 fully saturated rings. The van der Waals surface area contributed by atoms with Crippen molar-refractivity contribution in [2.24, 2.45) is 0 Å². The largest absolute Gasteiger partial charge is 0.381 e. The molecule has 0 aliphatic carbocycles. The van der Waals surface area contributed by atoms with Gasteiger partial charge >= 0.3 is 0 Å². The Hall–Kier alpha value is -4.05. The number of nitrogens with one attached hydrogen (secondary N) is 1. The van der Waals surface area contributed by atoms with Gasteiger partial charge in [0.25, 0.3) is 11.5 Å². The van der Waals surface area contributed by atoms with E-state index in [0.29, 0.717) is 49.3 Å². The summed E-state index contributed by atoms with van der Waals surface area (Å²) in [4.78, 5) is 51.0. The minimum Gasteiger partial charge on any atom is -0.381 e. The third kappa shape index (κ3) is 4.66. The summed E-state index contributed by atoms with van der Waals surface area (Å²) in [6, 6.07) is 9.11. The van der Waals surface area contributed by atoms with Crippen LogP contribution in [0.1, 0.15) is 58.9 Å². The quantitative estimate of drug-likeness (QED) is 0.412. The van der Waals surface area contributed by atoms with E-state index in [2.05, 4.69) is 9.97 Å². The summed E-state index contributed by atoms with van der Waals surface area (Å²) in [5.41, 5.74) is 3.57. The standard InChI is InChI=1S/C30H32FN5O4/c1-18-14-25-23(33-28(37)26-16-32-27(36(25)26)20-9-12-40-13-10-20)15-22(18)29(38)35-11-3-4-24(35)30(39)34(2)17-19-5-7-21(31)8-6-19/h5-8,14-16,20,24H,3-4,9-13,17H2,1-2H3,(H,33,37)/t24-/m0/s1. The Morgan fingerprint density at radius 1 is 1.12 bits per heavy atom. The second-order valence-corrected chi connectivity index (χ2v) is 10.8. The van der Waals surface area contributed by atoms with Gasteiger partial charge in [-0.15, -0.1) is 0 Å². The first-order valence-electron chi connectivity index (χ1n) is 13.7. The molecule has 9 nitrogen and oxygen atoms in total. The number of carbonyl (C=O) groups is 2. The lowest BCUT2D eigenvalue weighted by atomic mass is 9.99. The molecule has 0 bridgehead atoms. The number of amides is 2. The molecule has 208 valence electrons. The SMILES string of the molecule is Cc1cc2c(cc1C(=O)N1CCC[C@H]1C(=O)N(C)Cc1ccc(F)cc1)[nH]c(=O)c1cnc(C3CCOCC3)n12. The van der Waals surface area contributed by atoms with E-state index in [4.69, 9.17) is 4.74 Å². The number of aromatic nitrogens is 3. The van der Waals surface area contributed by atoms with Crippen LogP contribution in [-0.4, -0.2) is 68.8 Å². The number of hydrogen-bond donors (Lipinski definition) is 1. The van der Waals surface area contributed by atoms with E-state index in [1.165, 1.54) is 12.1 Å². The number of rotatable bonds is 5. The van der Waals surface area contributed by atoms with E-state index in [0.717, 1.165) is 41.7 Å². The topological polar surface area (TPSA) is 100 Å². The Labute approximate surface area is 230 Å². The van der Waals surface area contributed by atoms with Crippen molar-refractivity contribution in [3.8, 4) is 0 Å². The predicted octanol–water partition coefficient (Wildman–Crippen LogP) is 3.78. The van der Waals surface area contributed by atoms with Gasteiger partial charge in [0.05, 0.1) is 17.2 Å². The number of aryl methyl sites for hydroxylation is 1. The van der Waals surface area contributed by atoms with Gasteiger partial charge in [0.2, 0.25) is 5.91 Å². The van der Waals surface area contributed by atoms with Crippen LogP contribution in [0.5, 0.6) is 0 Å². The number of benzene rings is 2. The summed E-state index contributed by atoms with van der Waals surface area (Å²) >= 11 is 0. The fraction of sp³-hybridized carbons (Fsp3) is 0.400. The molecular weight excluding hydrogens is 513 g/mol. The maximum Gasteiger partial charge on any atom is 0.274 e. The highest BCUT2D eigenvalue weighted by Crippen LogP contribution is 2.30. The lowest BCUT2D eigenvalue weighted by Gasteiger charge is -2.28. The van der Waals surface area contributed by atoms with Crippen molar-refractivity contribution >= 4 is 28.4 Å². The van der Waals surface area contributed by atoms with Gasteiger partial charge in [0, 0.05) is 44.8 Å². The Kier molecular flexibility index (Phi) is 6.87. The molecule has 2 aliphatic rings. The van der Waals surface area contributed by atoms with Gasteiger partial charge in [-0.2, -0.15) is 0 Å². The molecular formula is C30H32FN5O4. The molecule has 2 amide bonds. The monoisotopic (exact) mass is 545 g/mol. The lowest BCUT2D eigenvalue weighted by molar-refractivity contribution is -0.134. The molecule has 0 radical (unpaired) electrons. The normalized spacial score (nSPS) is 18.1. The first-order chi connectivity index (χ1) is 19.3. The van der Waals surface area contributed by atoms with Crippen molar-refractivity contribution in [1.82, 2.24) is 24.2 Å². The number of carbonyl (C=O) groups excluding carboxylic acids is 2. The Bertz CT molecular complexity index is 1650. The fourth-order valence-corrected chi connectivity index (χ4v) is 6.04. The number of fused-ring (bicyclic) bond motifs is 3. The Balaban J connectivity index is 1.31. The highest BCUT2D eigenvalue weighted by atomic mass is 19.1. The Morgan fingerprint density at radius 2 is 1.88 bits per heavy atom. The van der Waals surface area contributed by atoms with Crippen molar-refractivity contribution in [2.45, 2.75) is 51.1 Å². The van der Waals surface area contributed by atoms with E-state index in [1.54, 1.807) is 41.2 Å². The number of aromatic amines is 1. The van der Waals surface area contributed by atoms with E-state index in [9.17, 15) is 18.8 Å². The molecule has 0 spiro atoms. The van der Waals surface area contributed by atoms with E-state index in [1.807, 2.05) is 17.4 Å². The minimum absolute atomic E-state index is 0.150. The average molecular weight is 546 g/mol. The summed E-state index contributed by atoms with van der Waals surface area (Å²) in [5, 5.41) is 0. The highest BCUT2D eigenvalue weighted by molar-refractivity contribution is 6.01. The number of ether oxygens (including phenoxy) is 1. The molecule has 2 aliphatic heterocycles. The summed E-state index contributed by atoms with van der Waals surface area (Å²) in [6.07, 6.45) is 4.58. The van der Waals surface area contributed by atoms with E-state index >= 15 is 0 Å².